The molecule has 0 saturated carbocycles. The van der Waals surface area contributed by atoms with Gasteiger partial charge in [-0.3, -0.25) is 4.79 Å². The molecular formula is C18H18N2O3. The average Bonchev–Trinajstić information content (AvgIpc) is 2.84. The zero-order valence-corrected chi connectivity index (χ0v) is 13.0. The molecule has 23 heavy (non-hydrogen) atoms. The van der Waals surface area contributed by atoms with Gasteiger partial charge >= 0.3 is 5.97 Å². The number of nitrogens with one attached hydrogen (secondary N) is 1. The first-order chi connectivity index (χ1) is 11.0. The summed E-state index contributed by atoms with van der Waals surface area (Å²) < 4.78 is 0. The fourth-order valence-electron chi connectivity index (χ4n) is 2.85. The first-order valence-electron chi connectivity index (χ1n) is 7.40. The van der Waals surface area contributed by atoms with Crippen LogP contribution in [0.4, 0.5) is 11.4 Å². The van der Waals surface area contributed by atoms with Crippen molar-refractivity contribution < 1.29 is 14.7 Å². The van der Waals surface area contributed by atoms with Gasteiger partial charge in [-0.2, -0.15) is 0 Å². The van der Waals surface area contributed by atoms with Gasteiger partial charge in [0, 0.05) is 31.9 Å². The van der Waals surface area contributed by atoms with E-state index in [2.05, 4.69) is 5.32 Å². The highest BCUT2D eigenvalue weighted by molar-refractivity contribution is 6.16. The lowest BCUT2D eigenvalue weighted by Gasteiger charge is -2.14. The highest BCUT2D eigenvalue weighted by Gasteiger charge is 2.33. The maximum absolute atomic E-state index is 12.6. The normalized spacial score (nSPS) is 15.9. The number of anilines is 2. The Balaban J connectivity index is 1.82. The molecule has 2 aromatic rings. The highest BCUT2D eigenvalue weighted by Crippen LogP contribution is 2.30. The van der Waals surface area contributed by atoms with E-state index in [1.54, 1.807) is 12.1 Å². The number of carbonyl (C=O) groups is 2. The van der Waals surface area contributed by atoms with Crippen molar-refractivity contribution in [3.05, 3.63) is 59.2 Å². The molecule has 0 saturated heterocycles. The second-order valence-electron chi connectivity index (χ2n) is 5.86. The molecule has 5 heteroatoms. The molecule has 0 aromatic heterocycles. The second-order valence-corrected chi connectivity index (χ2v) is 5.86. The van der Waals surface area contributed by atoms with E-state index in [0.717, 1.165) is 11.3 Å². The number of ketones is 1. The summed E-state index contributed by atoms with van der Waals surface area (Å²) in [5, 5.41) is 12.4. The predicted molar refractivity (Wildman–Crippen MR) is 89.6 cm³/mol. The Labute approximate surface area is 134 Å². The quantitative estimate of drug-likeness (QED) is 0.908. The van der Waals surface area contributed by atoms with E-state index in [9.17, 15) is 14.7 Å². The topological polar surface area (TPSA) is 69.6 Å². The van der Waals surface area contributed by atoms with Crippen LogP contribution in [0.3, 0.4) is 0 Å². The van der Waals surface area contributed by atoms with E-state index >= 15 is 0 Å². The van der Waals surface area contributed by atoms with E-state index in [-0.39, 0.29) is 16.9 Å². The SMILES string of the molecule is CN(C)c1ccc(C[C@H]2Nc3cccc(C(=O)O)c3C2=O)cc1. The molecule has 1 atom stereocenters. The molecule has 2 aromatic carbocycles. The number of hydrogen-bond donors (Lipinski definition) is 2. The van der Waals surface area contributed by atoms with Gasteiger partial charge in [0.05, 0.1) is 17.2 Å². The number of carboxylic acids is 1. The number of aromatic carboxylic acids is 1. The zero-order valence-electron chi connectivity index (χ0n) is 13.0. The Morgan fingerprint density at radius 1 is 1.17 bits per heavy atom. The Kier molecular flexibility index (Phi) is 3.78. The lowest BCUT2D eigenvalue weighted by atomic mass is 9.98. The number of fused-ring (bicyclic) bond motifs is 1. The number of carboxylic acid groups (broad SMARTS) is 1. The van der Waals surface area contributed by atoms with Crippen LogP contribution in [0.15, 0.2) is 42.5 Å². The van der Waals surface area contributed by atoms with Gasteiger partial charge in [0.25, 0.3) is 0 Å². The third-order valence-corrected chi connectivity index (χ3v) is 4.08. The molecule has 0 spiro atoms. The van der Waals surface area contributed by atoms with Crippen molar-refractivity contribution in [3.63, 3.8) is 0 Å². The van der Waals surface area contributed by atoms with Crippen LogP contribution < -0.4 is 10.2 Å². The van der Waals surface area contributed by atoms with Crippen LogP contribution in [0.2, 0.25) is 0 Å². The van der Waals surface area contributed by atoms with Crippen molar-refractivity contribution in [1.29, 1.82) is 0 Å². The molecule has 118 valence electrons. The smallest absolute Gasteiger partial charge is 0.336 e. The largest absolute Gasteiger partial charge is 0.478 e. The van der Waals surface area contributed by atoms with Crippen molar-refractivity contribution in [2.24, 2.45) is 0 Å². The number of hydrogen-bond acceptors (Lipinski definition) is 4. The van der Waals surface area contributed by atoms with Gasteiger partial charge in [-0.05, 0) is 29.8 Å². The van der Waals surface area contributed by atoms with Gasteiger partial charge in [0.1, 0.15) is 0 Å². The fraction of sp³-hybridized carbons (Fsp3) is 0.222. The zero-order chi connectivity index (χ0) is 16.6. The summed E-state index contributed by atoms with van der Waals surface area (Å²) in [4.78, 5) is 25.9. The number of Topliss-reactive ketones (excluding diaryl/α,β-unsaturated/α-hetero) is 1. The van der Waals surface area contributed by atoms with Gasteiger partial charge in [-0.25, -0.2) is 4.79 Å². The summed E-state index contributed by atoms with van der Waals surface area (Å²) in [6, 6.07) is 12.4. The first kappa shape index (κ1) is 15.1. The Hall–Kier alpha value is -2.82. The van der Waals surface area contributed by atoms with E-state index in [1.807, 2.05) is 43.3 Å². The third kappa shape index (κ3) is 2.77. The van der Waals surface area contributed by atoms with Crippen LogP contribution in [0, 0.1) is 0 Å². The summed E-state index contributed by atoms with van der Waals surface area (Å²) in [5.74, 6) is -1.23. The van der Waals surface area contributed by atoms with Crippen LogP contribution in [0.5, 0.6) is 0 Å². The molecule has 1 aliphatic heterocycles. The van der Waals surface area contributed by atoms with Crippen molar-refractivity contribution in [1.82, 2.24) is 0 Å². The maximum Gasteiger partial charge on any atom is 0.336 e. The molecule has 0 unspecified atom stereocenters. The van der Waals surface area contributed by atoms with Crippen LogP contribution in [-0.2, 0) is 6.42 Å². The van der Waals surface area contributed by atoms with Crippen molar-refractivity contribution in [3.8, 4) is 0 Å². The maximum atomic E-state index is 12.6. The summed E-state index contributed by atoms with van der Waals surface area (Å²) in [6.45, 7) is 0. The second kappa shape index (κ2) is 5.76. The van der Waals surface area contributed by atoms with Crippen LogP contribution >= 0.6 is 0 Å². The summed E-state index contributed by atoms with van der Waals surface area (Å²) in [5.41, 5.74) is 3.08. The summed E-state index contributed by atoms with van der Waals surface area (Å²) in [7, 11) is 3.95. The Morgan fingerprint density at radius 3 is 2.48 bits per heavy atom. The van der Waals surface area contributed by atoms with Crippen LogP contribution in [0.25, 0.3) is 0 Å². The number of nitrogens with zero attached hydrogens (tertiary/aromatic N) is 1. The monoisotopic (exact) mass is 310 g/mol. The molecule has 1 heterocycles. The number of rotatable bonds is 4. The van der Waals surface area contributed by atoms with E-state index in [1.165, 1.54) is 6.07 Å². The molecular weight excluding hydrogens is 292 g/mol. The van der Waals surface area contributed by atoms with Crippen LogP contribution in [-0.4, -0.2) is 37.0 Å². The molecule has 2 N–H and O–H groups in total. The molecule has 5 nitrogen and oxygen atoms in total. The highest BCUT2D eigenvalue weighted by atomic mass is 16.4. The Morgan fingerprint density at radius 2 is 1.87 bits per heavy atom. The van der Waals surface area contributed by atoms with Gasteiger partial charge in [0.2, 0.25) is 0 Å². The van der Waals surface area contributed by atoms with Gasteiger partial charge in [-0.1, -0.05) is 18.2 Å². The summed E-state index contributed by atoms with van der Waals surface area (Å²) >= 11 is 0. The Bertz CT molecular complexity index is 766. The average molecular weight is 310 g/mol. The lowest BCUT2D eigenvalue weighted by Crippen LogP contribution is -2.25. The van der Waals surface area contributed by atoms with Crippen molar-refractivity contribution in [2.45, 2.75) is 12.5 Å². The van der Waals surface area contributed by atoms with Crippen molar-refractivity contribution >= 4 is 23.1 Å². The minimum absolute atomic E-state index is 0.0606. The minimum Gasteiger partial charge on any atom is -0.478 e. The number of benzene rings is 2. The molecule has 1 aliphatic rings. The third-order valence-electron chi connectivity index (χ3n) is 4.08. The van der Waals surface area contributed by atoms with E-state index in [0.29, 0.717) is 12.1 Å². The molecule has 0 amide bonds. The molecule has 3 rings (SSSR count). The number of carbonyl (C=O) groups excluding carboxylic acids is 1. The van der Waals surface area contributed by atoms with Gasteiger partial charge in [-0.15, -0.1) is 0 Å². The van der Waals surface area contributed by atoms with Crippen molar-refractivity contribution in [2.75, 3.05) is 24.3 Å². The fourth-order valence-corrected chi connectivity index (χ4v) is 2.85. The standard InChI is InChI=1S/C18H18N2O3/c1-20(2)12-8-6-11(7-9-12)10-15-17(21)16-13(18(22)23)4-3-5-14(16)19-15/h3-9,15,19H,10H2,1-2H3,(H,22,23)/t15-/m1/s1. The van der Waals surface area contributed by atoms with Crippen LogP contribution in [0.1, 0.15) is 26.3 Å². The van der Waals surface area contributed by atoms with E-state index < -0.39 is 12.0 Å². The lowest BCUT2D eigenvalue weighted by molar-refractivity contribution is 0.0692. The minimum atomic E-state index is -1.08. The molecule has 0 radical (unpaired) electrons. The predicted octanol–water partition coefficient (Wildman–Crippen LogP) is 2.67. The van der Waals surface area contributed by atoms with Gasteiger partial charge < -0.3 is 15.3 Å². The molecule has 0 fully saturated rings. The van der Waals surface area contributed by atoms with Gasteiger partial charge in [0.15, 0.2) is 5.78 Å². The summed E-state index contributed by atoms with van der Waals surface area (Å²) in [6.07, 6.45) is 0.528. The first-order valence-corrected chi connectivity index (χ1v) is 7.40. The molecule has 0 aliphatic carbocycles. The molecule has 0 bridgehead atoms. The van der Waals surface area contributed by atoms with E-state index in [4.69, 9.17) is 0 Å².